The minimum atomic E-state index is -0.317. The van der Waals surface area contributed by atoms with Crippen molar-refractivity contribution in [1.29, 1.82) is 0 Å². The molecule has 3 rings (SSSR count). The van der Waals surface area contributed by atoms with E-state index in [4.69, 9.17) is 13.9 Å². The third-order valence-electron chi connectivity index (χ3n) is 3.18. The van der Waals surface area contributed by atoms with Crippen LogP contribution in [0.5, 0.6) is 5.75 Å². The van der Waals surface area contributed by atoms with Gasteiger partial charge in [-0.3, -0.25) is 10.1 Å². The first-order valence-corrected chi connectivity index (χ1v) is 8.17. The van der Waals surface area contributed by atoms with Gasteiger partial charge in [-0.05, 0) is 36.4 Å². The molecule has 24 heavy (non-hydrogen) atoms. The molecule has 0 fully saturated rings. The molecule has 0 atom stereocenters. The maximum atomic E-state index is 11.9. The molecule has 124 valence electrons. The lowest BCUT2D eigenvalue weighted by Gasteiger charge is -2.05. The van der Waals surface area contributed by atoms with Crippen LogP contribution in [0.2, 0.25) is 0 Å². The molecular weight excluding hydrogens is 328 g/mol. The van der Waals surface area contributed by atoms with Crippen LogP contribution in [0.3, 0.4) is 0 Å². The minimum absolute atomic E-state index is 0.254. The number of nitrogens with zero attached hydrogens (tertiary/aromatic N) is 1. The summed E-state index contributed by atoms with van der Waals surface area (Å²) in [6, 6.07) is 10.9. The summed E-state index contributed by atoms with van der Waals surface area (Å²) in [6.07, 6.45) is 1.46. The van der Waals surface area contributed by atoms with Crippen LogP contribution in [0.15, 0.2) is 52.5 Å². The molecule has 0 radical (unpaired) electrons. The number of hydrogen-bond donors (Lipinski definition) is 1. The maximum Gasteiger partial charge on any atom is 0.293 e. The van der Waals surface area contributed by atoms with Crippen molar-refractivity contribution in [2.24, 2.45) is 0 Å². The number of aromatic nitrogens is 1. The van der Waals surface area contributed by atoms with Gasteiger partial charge >= 0.3 is 0 Å². The largest absolute Gasteiger partial charge is 0.491 e. The fourth-order valence-electron chi connectivity index (χ4n) is 1.99. The van der Waals surface area contributed by atoms with Gasteiger partial charge in [0.1, 0.15) is 12.4 Å². The monoisotopic (exact) mass is 344 g/mol. The fraction of sp³-hybridized carbons (Fsp3) is 0.176. The number of carbonyl (C=O) groups excluding carboxylic acids is 1. The lowest BCUT2D eigenvalue weighted by atomic mass is 10.2. The number of thiazole rings is 1. The average Bonchev–Trinajstić information content (AvgIpc) is 3.27. The smallest absolute Gasteiger partial charge is 0.293 e. The number of ether oxygens (including phenoxy) is 2. The van der Waals surface area contributed by atoms with Gasteiger partial charge in [-0.15, -0.1) is 11.3 Å². The number of hydrogen-bond acceptors (Lipinski definition) is 6. The maximum absolute atomic E-state index is 11.9. The van der Waals surface area contributed by atoms with Crippen molar-refractivity contribution in [2.75, 3.05) is 25.6 Å². The van der Waals surface area contributed by atoms with Crippen molar-refractivity contribution in [3.63, 3.8) is 0 Å². The number of carbonyl (C=O) groups is 1. The van der Waals surface area contributed by atoms with Gasteiger partial charge in [0.15, 0.2) is 10.9 Å². The van der Waals surface area contributed by atoms with E-state index in [9.17, 15) is 4.79 Å². The summed E-state index contributed by atoms with van der Waals surface area (Å²) < 4.78 is 15.5. The highest BCUT2D eigenvalue weighted by molar-refractivity contribution is 7.14. The summed E-state index contributed by atoms with van der Waals surface area (Å²) in [5.74, 6) is 0.712. The number of methoxy groups -OCH3 is 1. The Morgan fingerprint density at radius 1 is 1.25 bits per heavy atom. The summed E-state index contributed by atoms with van der Waals surface area (Å²) in [5.41, 5.74) is 1.74. The van der Waals surface area contributed by atoms with Crippen LogP contribution in [0.1, 0.15) is 10.6 Å². The Hall–Kier alpha value is -2.64. The molecule has 0 aliphatic carbocycles. The first-order valence-electron chi connectivity index (χ1n) is 7.29. The quantitative estimate of drug-likeness (QED) is 0.662. The Morgan fingerprint density at radius 3 is 2.79 bits per heavy atom. The van der Waals surface area contributed by atoms with Crippen molar-refractivity contribution in [3.05, 3.63) is 53.8 Å². The van der Waals surface area contributed by atoms with E-state index in [1.807, 2.05) is 29.6 Å². The Morgan fingerprint density at radius 2 is 2.08 bits per heavy atom. The third-order valence-corrected chi connectivity index (χ3v) is 3.93. The molecule has 3 aromatic rings. The molecule has 0 saturated carbocycles. The van der Waals surface area contributed by atoms with E-state index in [1.54, 1.807) is 19.2 Å². The van der Waals surface area contributed by atoms with Crippen LogP contribution in [0.4, 0.5) is 5.13 Å². The van der Waals surface area contributed by atoms with Crippen LogP contribution in [0, 0.1) is 0 Å². The standard InChI is InChI=1S/C17H16N2O4S/c1-21-9-10-22-13-6-4-12(5-7-13)14-11-24-17(18-14)19-16(20)15-3-2-8-23-15/h2-8,11H,9-10H2,1H3,(H,18,19,20). The third kappa shape index (κ3) is 4.01. The molecule has 7 heteroatoms. The molecule has 1 amide bonds. The van der Waals surface area contributed by atoms with E-state index in [-0.39, 0.29) is 11.7 Å². The zero-order valence-electron chi connectivity index (χ0n) is 13.0. The molecule has 6 nitrogen and oxygen atoms in total. The average molecular weight is 344 g/mol. The lowest BCUT2D eigenvalue weighted by molar-refractivity contribution is 0.0996. The Labute approximate surface area is 143 Å². The highest BCUT2D eigenvalue weighted by atomic mass is 32.1. The number of rotatable bonds is 7. The normalized spacial score (nSPS) is 10.5. The predicted molar refractivity (Wildman–Crippen MR) is 91.6 cm³/mol. The highest BCUT2D eigenvalue weighted by Gasteiger charge is 2.12. The topological polar surface area (TPSA) is 73.6 Å². The van der Waals surface area contributed by atoms with Gasteiger partial charge in [-0.2, -0.15) is 0 Å². The van der Waals surface area contributed by atoms with E-state index < -0.39 is 0 Å². The van der Waals surface area contributed by atoms with E-state index >= 15 is 0 Å². The Balaban J connectivity index is 1.63. The predicted octanol–water partition coefficient (Wildman–Crippen LogP) is 3.68. The molecule has 0 bridgehead atoms. The second-order valence-corrected chi connectivity index (χ2v) is 5.69. The fourth-order valence-corrected chi connectivity index (χ4v) is 2.71. The first-order chi connectivity index (χ1) is 11.8. The summed E-state index contributed by atoms with van der Waals surface area (Å²) >= 11 is 1.36. The molecule has 2 heterocycles. The van der Waals surface area contributed by atoms with Crippen molar-refractivity contribution in [1.82, 2.24) is 4.98 Å². The summed E-state index contributed by atoms with van der Waals surface area (Å²) in [4.78, 5) is 16.3. The summed E-state index contributed by atoms with van der Waals surface area (Å²) in [5, 5.41) is 5.12. The molecule has 0 spiro atoms. The van der Waals surface area contributed by atoms with Gasteiger partial charge in [0.25, 0.3) is 5.91 Å². The molecule has 0 aliphatic heterocycles. The summed E-state index contributed by atoms with van der Waals surface area (Å²) in [7, 11) is 1.64. The molecule has 1 N–H and O–H groups in total. The van der Waals surface area contributed by atoms with E-state index in [0.29, 0.717) is 18.3 Å². The Bertz CT molecular complexity index is 781. The molecule has 0 aliphatic rings. The number of benzene rings is 1. The van der Waals surface area contributed by atoms with Crippen molar-refractivity contribution in [2.45, 2.75) is 0 Å². The zero-order valence-corrected chi connectivity index (χ0v) is 13.8. The minimum Gasteiger partial charge on any atom is -0.491 e. The number of anilines is 1. The number of amides is 1. The van der Waals surface area contributed by atoms with Gasteiger partial charge in [0.2, 0.25) is 0 Å². The van der Waals surface area contributed by atoms with Crippen LogP contribution < -0.4 is 10.1 Å². The Kier molecular flexibility index (Phi) is 5.25. The van der Waals surface area contributed by atoms with Gasteiger partial charge in [0.05, 0.1) is 18.6 Å². The first kappa shape index (κ1) is 16.2. The number of furan rings is 1. The number of nitrogens with one attached hydrogen (secondary N) is 1. The van der Waals surface area contributed by atoms with E-state index in [1.165, 1.54) is 17.6 Å². The van der Waals surface area contributed by atoms with Crippen LogP contribution in [-0.4, -0.2) is 31.2 Å². The van der Waals surface area contributed by atoms with Crippen molar-refractivity contribution < 1.29 is 18.7 Å². The van der Waals surface area contributed by atoms with Gasteiger partial charge < -0.3 is 13.9 Å². The SMILES string of the molecule is COCCOc1ccc(-c2csc(NC(=O)c3ccco3)n2)cc1. The van der Waals surface area contributed by atoms with Gasteiger partial charge in [-0.1, -0.05) is 0 Å². The molecule has 0 saturated heterocycles. The van der Waals surface area contributed by atoms with Gasteiger partial charge in [0, 0.05) is 18.1 Å². The van der Waals surface area contributed by atoms with Crippen LogP contribution >= 0.6 is 11.3 Å². The van der Waals surface area contributed by atoms with E-state index in [0.717, 1.165) is 17.0 Å². The van der Waals surface area contributed by atoms with Crippen LogP contribution in [-0.2, 0) is 4.74 Å². The second kappa shape index (κ2) is 7.76. The highest BCUT2D eigenvalue weighted by Crippen LogP contribution is 2.26. The van der Waals surface area contributed by atoms with Crippen LogP contribution in [0.25, 0.3) is 11.3 Å². The molecule has 2 aromatic heterocycles. The lowest BCUT2D eigenvalue weighted by Crippen LogP contribution is -2.10. The summed E-state index contributed by atoms with van der Waals surface area (Å²) in [6.45, 7) is 1.06. The van der Waals surface area contributed by atoms with Crippen molar-refractivity contribution in [3.8, 4) is 17.0 Å². The van der Waals surface area contributed by atoms with E-state index in [2.05, 4.69) is 10.3 Å². The molecular formula is C17H16N2O4S. The van der Waals surface area contributed by atoms with Gasteiger partial charge in [-0.25, -0.2) is 4.98 Å². The molecule has 1 aromatic carbocycles. The zero-order chi connectivity index (χ0) is 16.8. The second-order valence-electron chi connectivity index (χ2n) is 4.83. The van der Waals surface area contributed by atoms with Crippen molar-refractivity contribution >= 4 is 22.4 Å². The molecule has 0 unspecified atom stereocenters.